The predicted octanol–water partition coefficient (Wildman–Crippen LogP) is 3.65. The maximum absolute atomic E-state index is 10.9. The second-order valence-electron chi connectivity index (χ2n) is 4.11. The first-order valence-corrected chi connectivity index (χ1v) is 6.35. The van der Waals surface area contributed by atoms with Crippen LogP contribution in [0.2, 0.25) is 10.0 Å². The summed E-state index contributed by atoms with van der Waals surface area (Å²) in [6, 6.07) is 8.42. The summed E-state index contributed by atoms with van der Waals surface area (Å²) in [5.41, 5.74) is -0.258. The van der Waals surface area contributed by atoms with Gasteiger partial charge in [-0.3, -0.25) is 4.98 Å². The minimum absolute atomic E-state index is 0.0973. The third-order valence-electron chi connectivity index (χ3n) is 2.87. The molecule has 0 bridgehead atoms. The lowest BCUT2D eigenvalue weighted by atomic mass is 9.84. The molecule has 4 heteroatoms. The molecule has 0 saturated carbocycles. The van der Waals surface area contributed by atoms with Gasteiger partial charge in [-0.15, -0.1) is 12.3 Å². The number of nitrogens with zero attached hydrogens (tertiary/aromatic N) is 1. The van der Waals surface area contributed by atoms with Gasteiger partial charge in [0, 0.05) is 40.0 Å². The monoisotopic (exact) mass is 291 g/mol. The molecule has 1 unspecified atom stereocenters. The van der Waals surface area contributed by atoms with Crippen LogP contribution in [0.3, 0.4) is 0 Å². The quantitative estimate of drug-likeness (QED) is 0.876. The Morgan fingerprint density at radius 1 is 1.32 bits per heavy atom. The summed E-state index contributed by atoms with van der Waals surface area (Å²) < 4.78 is 0. The van der Waals surface area contributed by atoms with Crippen molar-refractivity contribution in [2.24, 2.45) is 0 Å². The van der Waals surface area contributed by atoms with Crippen molar-refractivity contribution in [3.8, 4) is 12.3 Å². The molecule has 1 N–H and O–H groups in total. The van der Waals surface area contributed by atoms with Gasteiger partial charge in [0.15, 0.2) is 0 Å². The van der Waals surface area contributed by atoms with Gasteiger partial charge in [0.05, 0.1) is 0 Å². The molecule has 0 radical (unpaired) electrons. The van der Waals surface area contributed by atoms with Crippen molar-refractivity contribution in [3.05, 3.63) is 63.9 Å². The second kappa shape index (κ2) is 5.63. The zero-order valence-electron chi connectivity index (χ0n) is 9.98. The fraction of sp³-hybridized carbons (Fsp3) is 0.133. The zero-order valence-corrected chi connectivity index (χ0v) is 11.5. The molecular formula is C15H11Cl2NO. The topological polar surface area (TPSA) is 33.1 Å². The molecule has 0 amide bonds. The Bertz CT molecular complexity index is 622. The highest BCUT2D eigenvalue weighted by atomic mass is 35.5. The summed E-state index contributed by atoms with van der Waals surface area (Å²) >= 11 is 12.0. The minimum atomic E-state index is -1.37. The molecule has 0 aliphatic rings. The van der Waals surface area contributed by atoms with Gasteiger partial charge in [0.1, 0.15) is 5.60 Å². The summed E-state index contributed by atoms with van der Waals surface area (Å²) in [5.74, 6) is 2.48. The van der Waals surface area contributed by atoms with Crippen molar-refractivity contribution < 1.29 is 5.11 Å². The standard InChI is InChI=1S/C15H11Cl2NO/c1-2-7-15(19,11-4-3-8-18-10-11)13-6-5-12(16)9-14(13)17/h1,3-6,8-10,19H,7H2. The highest BCUT2D eigenvalue weighted by Gasteiger charge is 2.33. The molecule has 0 fully saturated rings. The minimum Gasteiger partial charge on any atom is -0.379 e. The molecule has 1 atom stereocenters. The van der Waals surface area contributed by atoms with E-state index in [1.54, 1.807) is 42.7 Å². The van der Waals surface area contributed by atoms with Crippen molar-refractivity contribution in [1.82, 2.24) is 4.98 Å². The molecule has 96 valence electrons. The second-order valence-corrected chi connectivity index (χ2v) is 4.95. The van der Waals surface area contributed by atoms with Crippen LogP contribution in [-0.2, 0) is 5.60 Å². The summed E-state index contributed by atoms with van der Waals surface area (Å²) in [6.07, 6.45) is 8.67. The summed E-state index contributed by atoms with van der Waals surface area (Å²) in [7, 11) is 0. The van der Waals surface area contributed by atoms with Crippen molar-refractivity contribution in [3.63, 3.8) is 0 Å². The van der Waals surface area contributed by atoms with Crippen molar-refractivity contribution >= 4 is 23.2 Å². The van der Waals surface area contributed by atoms with E-state index in [2.05, 4.69) is 10.9 Å². The van der Waals surface area contributed by atoms with Crippen LogP contribution in [0.1, 0.15) is 17.5 Å². The van der Waals surface area contributed by atoms with E-state index in [-0.39, 0.29) is 6.42 Å². The van der Waals surface area contributed by atoms with Gasteiger partial charge >= 0.3 is 0 Å². The van der Waals surface area contributed by atoms with Gasteiger partial charge in [-0.25, -0.2) is 0 Å². The molecule has 0 aliphatic heterocycles. The Balaban J connectivity index is 2.60. The number of hydrogen-bond donors (Lipinski definition) is 1. The molecule has 1 aromatic heterocycles. The summed E-state index contributed by atoms with van der Waals surface area (Å²) in [5, 5.41) is 11.8. The van der Waals surface area contributed by atoms with Crippen LogP contribution in [0.5, 0.6) is 0 Å². The average Bonchev–Trinajstić information content (AvgIpc) is 2.39. The van der Waals surface area contributed by atoms with Gasteiger partial charge in [-0.05, 0) is 18.2 Å². The van der Waals surface area contributed by atoms with Gasteiger partial charge < -0.3 is 5.11 Å². The molecule has 2 rings (SSSR count). The number of aromatic nitrogens is 1. The first-order valence-electron chi connectivity index (χ1n) is 5.60. The molecule has 1 heterocycles. The number of halogens is 2. The normalized spacial score (nSPS) is 13.6. The molecule has 0 aliphatic carbocycles. The molecule has 2 nitrogen and oxygen atoms in total. The van der Waals surface area contributed by atoms with Crippen LogP contribution in [0, 0.1) is 12.3 Å². The Labute approximate surface area is 122 Å². The maximum Gasteiger partial charge on any atom is 0.128 e. The van der Waals surface area contributed by atoms with Crippen LogP contribution in [0.4, 0.5) is 0 Å². The lowest BCUT2D eigenvalue weighted by Crippen LogP contribution is -2.27. The Morgan fingerprint density at radius 2 is 2.11 bits per heavy atom. The lowest BCUT2D eigenvalue weighted by molar-refractivity contribution is 0.0863. The highest BCUT2D eigenvalue weighted by molar-refractivity contribution is 6.35. The van der Waals surface area contributed by atoms with E-state index in [0.29, 0.717) is 21.2 Å². The molecular weight excluding hydrogens is 281 g/mol. The number of benzene rings is 1. The van der Waals surface area contributed by atoms with E-state index in [0.717, 1.165) is 0 Å². The van der Waals surface area contributed by atoms with Crippen molar-refractivity contribution in [1.29, 1.82) is 0 Å². The number of aliphatic hydroxyl groups is 1. The fourth-order valence-electron chi connectivity index (χ4n) is 1.93. The van der Waals surface area contributed by atoms with Gasteiger partial charge in [0.25, 0.3) is 0 Å². The van der Waals surface area contributed by atoms with Crippen LogP contribution in [-0.4, -0.2) is 10.1 Å². The Kier molecular flexibility index (Phi) is 4.11. The van der Waals surface area contributed by atoms with Crippen LogP contribution < -0.4 is 0 Å². The SMILES string of the molecule is C#CCC(O)(c1cccnc1)c1ccc(Cl)cc1Cl. The number of rotatable bonds is 3. The zero-order chi connectivity index (χ0) is 13.9. The molecule has 0 saturated heterocycles. The maximum atomic E-state index is 10.9. The van der Waals surface area contributed by atoms with E-state index < -0.39 is 5.60 Å². The third-order valence-corrected chi connectivity index (χ3v) is 3.42. The highest BCUT2D eigenvalue weighted by Crippen LogP contribution is 2.37. The molecule has 19 heavy (non-hydrogen) atoms. The number of hydrogen-bond acceptors (Lipinski definition) is 2. The van der Waals surface area contributed by atoms with Gasteiger partial charge in [0.2, 0.25) is 0 Å². The van der Waals surface area contributed by atoms with Crippen molar-refractivity contribution in [2.75, 3.05) is 0 Å². The van der Waals surface area contributed by atoms with Gasteiger partial charge in [-0.2, -0.15) is 0 Å². The lowest BCUT2D eigenvalue weighted by Gasteiger charge is -2.28. The van der Waals surface area contributed by atoms with E-state index in [9.17, 15) is 5.11 Å². The van der Waals surface area contributed by atoms with E-state index >= 15 is 0 Å². The van der Waals surface area contributed by atoms with Crippen LogP contribution in [0.15, 0.2) is 42.7 Å². The fourth-order valence-corrected chi connectivity index (χ4v) is 2.50. The number of terminal acetylenes is 1. The van der Waals surface area contributed by atoms with Crippen LogP contribution >= 0.6 is 23.2 Å². The molecule has 1 aromatic carbocycles. The first-order chi connectivity index (χ1) is 9.08. The summed E-state index contributed by atoms with van der Waals surface area (Å²) in [4.78, 5) is 4.01. The Morgan fingerprint density at radius 3 is 2.68 bits per heavy atom. The van der Waals surface area contributed by atoms with E-state index in [4.69, 9.17) is 29.6 Å². The smallest absolute Gasteiger partial charge is 0.128 e. The first kappa shape index (κ1) is 13.9. The average molecular weight is 292 g/mol. The van der Waals surface area contributed by atoms with Crippen LogP contribution in [0.25, 0.3) is 0 Å². The molecule has 0 spiro atoms. The Hall–Kier alpha value is -1.53. The third kappa shape index (κ3) is 2.74. The molecule has 2 aromatic rings. The predicted molar refractivity (Wildman–Crippen MR) is 77.1 cm³/mol. The largest absolute Gasteiger partial charge is 0.379 e. The van der Waals surface area contributed by atoms with Crippen molar-refractivity contribution in [2.45, 2.75) is 12.0 Å². The van der Waals surface area contributed by atoms with E-state index in [1.807, 2.05) is 0 Å². The summed E-state index contributed by atoms with van der Waals surface area (Å²) in [6.45, 7) is 0. The van der Waals surface area contributed by atoms with Gasteiger partial charge in [-0.1, -0.05) is 35.3 Å². The van der Waals surface area contributed by atoms with E-state index in [1.165, 1.54) is 0 Å². The number of pyridine rings is 1.